The van der Waals surface area contributed by atoms with E-state index < -0.39 is 5.97 Å². The Kier molecular flexibility index (Phi) is 6.75. The first-order valence-electron chi connectivity index (χ1n) is 11.6. The average Bonchev–Trinajstić information content (AvgIpc) is 3.39. The van der Waals surface area contributed by atoms with Gasteiger partial charge in [0, 0.05) is 35.3 Å². The van der Waals surface area contributed by atoms with Gasteiger partial charge in [-0.1, -0.05) is 37.7 Å². The quantitative estimate of drug-likeness (QED) is 0.280. The molecule has 7 nitrogen and oxygen atoms in total. The fraction of sp³-hybridized carbons (Fsp3) is 0.241. The molecule has 5 rings (SSSR count). The summed E-state index contributed by atoms with van der Waals surface area (Å²) in [5.41, 5.74) is 8.36. The van der Waals surface area contributed by atoms with Crippen LogP contribution in [0.3, 0.4) is 0 Å². The molecule has 4 aromatic heterocycles. The lowest BCUT2D eigenvalue weighted by molar-refractivity contribution is 0.0696. The van der Waals surface area contributed by atoms with Crippen molar-refractivity contribution in [3.8, 4) is 22.3 Å². The molecule has 0 spiro atoms. The monoisotopic (exact) mass is 482 g/mol. The number of aryl methyl sites for hydroxylation is 3. The first kappa shape index (κ1) is 24.9. The van der Waals surface area contributed by atoms with Gasteiger partial charge in [-0.25, -0.2) is 4.79 Å². The number of pyridine rings is 2. The molecule has 0 bridgehead atoms. The molecule has 36 heavy (non-hydrogen) atoms. The van der Waals surface area contributed by atoms with Crippen molar-refractivity contribution in [3.05, 3.63) is 89.3 Å². The van der Waals surface area contributed by atoms with Crippen molar-refractivity contribution in [1.29, 1.82) is 0 Å². The molecule has 0 radical (unpaired) electrons. The molecule has 0 saturated carbocycles. The highest BCUT2D eigenvalue weighted by Crippen LogP contribution is 2.37. The maximum Gasteiger partial charge on any atom is 0.335 e. The molecule has 4 heterocycles. The summed E-state index contributed by atoms with van der Waals surface area (Å²) in [6.45, 7) is 7.79. The highest BCUT2D eigenvalue weighted by atomic mass is 16.5. The Morgan fingerprint density at radius 2 is 1.89 bits per heavy atom. The van der Waals surface area contributed by atoms with Gasteiger partial charge in [0.25, 0.3) is 0 Å². The summed E-state index contributed by atoms with van der Waals surface area (Å²) in [5.74, 6) is -0.182. The van der Waals surface area contributed by atoms with Gasteiger partial charge in [-0.05, 0) is 62.6 Å². The molecule has 0 aliphatic rings. The third-order valence-corrected chi connectivity index (χ3v) is 6.51. The summed E-state index contributed by atoms with van der Waals surface area (Å²) >= 11 is 0. The van der Waals surface area contributed by atoms with Gasteiger partial charge in [0.05, 0.1) is 34.0 Å². The second-order valence-corrected chi connectivity index (χ2v) is 8.75. The first-order valence-corrected chi connectivity index (χ1v) is 11.6. The second kappa shape index (κ2) is 9.77. The van der Waals surface area contributed by atoms with Gasteiger partial charge in [-0.3, -0.25) is 9.97 Å². The molecule has 0 saturated heterocycles. The molecule has 0 fully saturated rings. The van der Waals surface area contributed by atoms with Crippen LogP contribution in [0.4, 0.5) is 0 Å². The van der Waals surface area contributed by atoms with Crippen LogP contribution in [-0.4, -0.2) is 30.8 Å². The zero-order valence-corrected chi connectivity index (χ0v) is 20.1. The smallest absolute Gasteiger partial charge is 0.335 e. The Morgan fingerprint density at radius 1 is 1.08 bits per heavy atom. The normalized spacial score (nSPS) is 11.9. The van der Waals surface area contributed by atoms with Crippen LogP contribution in [0.2, 0.25) is 0 Å². The zero-order valence-electron chi connectivity index (χ0n) is 20.1. The largest absolute Gasteiger partial charge is 0.478 e. The maximum absolute atomic E-state index is 11.5. The number of hydrogen-bond acceptors (Lipinski definition) is 5. The van der Waals surface area contributed by atoms with Crippen molar-refractivity contribution in [2.45, 2.75) is 47.6 Å². The number of carbonyl (C=O) groups is 1. The highest BCUT2D eigenvalue weighted by Gasteiger charge is 2.22. The topological polar surface area (TPSA) is 94.0 Å². The number of aromatic carboxylic acids is 1. The molecule has 5 aromatic rings. The number of aromatic nitrogens is 4. The average molecular weight is 483 g/mol. The maximum atomic E-state index is 11.5. The highest BCUT2D eigenvalue weighted by molar-refractivity contribution is 5.96. The number of benzene rings is 1. The summed E-state index contributed by atoms with van der Waals surface area (Å²) in [4.78, 5) is 21.1. The summed E-state index contributed by atoms with van der Waals surface area (Å²) < 4.78 is 7.63. The molecule has 0 amide bonds. The third kappa shape index (κ3) is 4.17. The van der Waals surface area contributed by atoms with Crippen molar-refractivity contribution >= 4 is 17.0 Å². The Bertz CT molecular complexity index is 1530. The number of rotatable bonds is 6. The molecule has 1 atom stereocenters. The molecule has 0 unspecified atom stereocenters. The summed E-state index contributed by atoms with van der Waals surface area (Å²) in [5, 5.41) is 13.6. The third-order valence-electron chi connectivity index (χ3n) is 6.51. The molecule has 0 aliphatic heterocycles. The van der Waals surface area contributed by atoms with E-state index in [1.807, 2.05) is 63.5 Å². The first-order chi connectivity index (χ1) is 16.9. The van der Waals surface area contributed by atoms with Gasteiger partial charge in [-0.2, -0.15) is 0 Å². The van der Waals surface area contributed by atoms with Crippen molar-refractivity contribution in [1.82, 2.24) is 19.7 Å². The fourth-order valence-corrected chi connectivity index (χ4v) is 4.82. The summed E-state index contributed by atoms with van der Waals surface area (Å²) in [7, 11) is 0. The molecular formula is C29H30N4O3. The van der Waals surface area contributed by atoms with Crippen LogP contribution in [0.15, 0.2) is 65.6 Å². The zero-order chi connectivity index (χ0) is 24.7. The van der Waals surface area contributed by atoms with Crippen LogP contribution in [-0.2, 0) is 0 Å². The number of hydrogen-bond donors (Lipinski definition) is 1. The van der Waals surface area contributed by atoms with E-state index in [4.69, 9.17) is 9.51 Å². The van der Waals surface area contributed by atoms with Crippen LogP contribution in [0.1, 0.15) is 59.9 Å². The Labute approximate surface area is 210 Å². The van der Waals surface area contributed by atoms with Gasteiger partial charge in [0.15, 0.2) is 0 Å². The van der Waals surface area contributed by atoms with Gasteiger partial charge in [-0.15, -0.1) is 0 Å². The van der Waals surface area contributed by atoms with Crippen LogP contribution in [0.25, 0.3) is 33.3 Å². The minimum Gasteiger partial charge on any atom is -0.478 e. The summed E-state index contributed by atoms with van der Waals surface area (Å²) in [6, 6.07) is 13.5. The Morgan fingerprint density at radius 3 is 2.50 bits per heavy atom. The van der Waals surface area contributed by atoms with Gasteiger partial charge in [0.2, 0.25) is 0 Å². The Hall–Kier alpha value is -4.26. The van der Waals surface area contributed by atoms with Crippen LogP contribution in [0.5, 0.6) is 0 Å². The number of fused-ring (bicyclic) bond motifs is 1. The standard InChI is InChI=1S/C28H26N4O3.CH4/c1-5-24(23-8-6-7-11-29-23)32-15-22(19-9-10-21(28(33)34)16(2)12-19)27-25(32)13-20(14-30-27)26-17(3)31-35-18(26)4;/h6-15,24H,5H2,1-4H3,(H,33,34);1H4/t24-;/m0./s1. The molecular weight excluding hydrogens is 452 g/mol. The lowest BCUT2D eigenvalue weighted by Crippen LogP contribution is -2.10. The van der Waals surface area contributed by atoms with Crippen molar-refractivity contribution in [2.24, 2.45) is 0 Å². The minimum atomic E-state index is -0.931. The van der Waals surface area contributed by atoms with E-state index in [0.29, 0.717) is 11.1 Å². The fourth-order valence-electron chi connectivity index (χ4n) is 4.82. The molecule has 7 heteroatoms. The van der Waals surface area contributed by atoms with E-state index in [2.05, 4.69) is 33.9 Å². The van der Waals surface area contributed by atoms with E-state index in [1.54, 1.807) is 6.07 Å². The minimum absolute atomic E-state index is 0. The predicted octanol–water partition coefficient (Wildman–Crippen LogP) is 7.01. The van der Waals surface area contributed by atoms with E-state index in [9.17, 15) is 9.90 Å². The lowest BCUT2D eigenvalue weighted by Gasteiger charge is -2.18. The second-order valence-electron chi connectivity index (χ2n) is 8.75. The SMILES string of the molecule is C.CC[C@@H](c1ccccn1)n1cc(-c2ccc(C(=O)O)c(C)c2)c2ncc(-c3c(C)noc3C)cc21. The number of carboxylic acids is 1. The molecule has 1 N–H and O–H groups in total. The lowest BCUT2D eigenvalue weighted by atomic mass is 10.0. The molecule has 0 aliphatic carbocycles. The molecule has 1 aromatic carbocycles. The summed E-state index contributed by atoms with van der Waals surface area (Å²) in [6.07, 6.45) is 6.61. The molecule has 184 valence electrons. The van der Waals surface area contributed by atoms with Crippen molar-refractivity contribution < 1.29 is 14.4 Å². The number of carboxylic acid groups (broad SMARTS) is 1. The van der Waals surface area contributed by atoms with Crippen LogP contribution >= 0.6 is 0 Å². The van der Waals surface area contributed by atoms with Crippen LogP contribution in [0, 0.1) is 20.8 Å². The van der Waals surface area contributed by atoms with Crippen molar-refractivity contribution in [3.63, 3.8) is 0 Å². The van der Waals surface area contributed by atoms with E-state index >= 15 is 0 Å². The predicted molar refractivity (Wildman–Crippen MR) is 141 cm³/mol. The van der Waals surface area contributed by atoms with E-state index in [0.717, 1.165) is 56.9 Å². The van der Waals surface area contributed by atoms with Gasteiger partial charge < -0.3 is 14.2 Å². The van der Waals surface area contributed by atoms with Crippen LogP contribution < -0.4 is 0 Å². The Balaban J connectivity index is 0.00000304. The van der Waals surface area contributed by atoms with Crippen molar-refractivity contribution in [2.75, 3.05) is 0 Å². The van der Waals surface area contributed by atoms with Gasteiger partial charge >= 0.3 is 5.97 Å². The van der Waals surface area contributed by atoms with E-state index in [-0.39, 0.29) is 13.5 Å². The number of nitrogens with zero attached hydrogens (tertiary/aromatic N) is 4. The van der Waals surface area contributed by atoms with Gasteiger partial charge in [0.1, 0.15) is 5.76 Å². The van der Waals surface area contributed by atoms with E-state index in [1.165, 1.54) is 0 Å².